The third kappa shape index (κ3) is 8.19. The molecular formula is C21H36O4. The summed E-state index contributed by atoms with van der Waals surface area (Å²) < 4.78 is 4.62. The number of hydrogen-bond acceptors (Lipinski definition) is 4. The first-order valence-corrected chi connectivity index (χ1v) is 9.84. The molecule has 2 N–H and O–H groups in total. The lowest BCUT2D eigenvalue weighted by Crippen LogP contribution is -2.26. The molecular weight excluding hydrogens is 316 g/mol. The van der Waals surface area contributed by atoms with Gasteiger partial charge in [0.25, 0.3) is 0 Å². The normalized spacial score (nSPS) is 25.0. The quantitative estimate of drug-likeness (QED) is 0.241. The maximum Gasteiger partial charge on any atom is 0.330 e. The Labute approximate surface area is 153 Å². The van der Waals surface area contributed by atoms with Crippen LogP contribution in [0.2, 0.25) is 0 Å². The van der Waals surface area contributed by atoms with Gasteiger partial charge in [0.2, 0.25) is 0 Å². The topological polar surface area (TPSA) is 66.8 Å². The number of methoxy groups -OCH3 is 1. The highest BCUT2D eigenvalue weighted by Gasteiger charge is 2.36. The highest BCUT2D eigenvalue weighted by molar-refractivity contribution is 5.81. The Bertz CT molecular complexity index is 416. The smallest absolute Gasteiger partial charge is 0.330 e. The predicted molar refractivity (Wildman–Crippen MR) is 101 cm³/mol. The van der Waals surface area contributed by atoms with Gasteiger partial charge in [0, 0.05) is 18.6 Å². The summed E-state index contributed by atoms with van der Waals surface area (Å²) in [6.07, 6.45) is 16.8. The molecule has 0 spiro atoms. The van der Waals surface area contributed by atoms with E-state index in [1.165, 1.54) is 13.2 Å². The van der Waals surface area contributed by atoms with E-state index in [1.807, 2.05) is 6.08 Å². The zero-order valence-electron chi connectivity index (χ0n) is 15.9. The van der Waals surface area contributed by atoms with Crippen LogP contribution in [0.4, 0.5) is 0 Å². The molecule has 1 fully saturated rings. The van der Waals surface area contributed by atoms with Crippen LogP contribution in [0.5, 0.6) is 0 Å². The molecule has 0 aromatic carbocycles. The number of unbranched alkanes of at least 4 members (excludes halogenated alkanes) is 4. The van der Waals surface area contributed by atoms with Gasteiger partial charge in [-0.3, -0.25) is 0 Å². The lowest BCUT2D eigenvalue weighted by molar-refractivity contribution is -0.134. The van der Waals surface area contributed by atoms with Crippen LogP contribution in [0.3, 0.4) is 0 Å². The van der Waals surface area contributed by atoms with E-state index in [9.17, 15) is 9.90 Å². The summed E-state index contributed by atoms with van der Waals surface area (Å²) in [5.74, 6) is 0.669. The SMILES string of the molecule is CCC(CC=CC(=O)OC)C1CC[C@@H](C=CCCCCCCO)[C@H]1O. The number of carbonyl (C=O) groups is 1. The number of carbonyl (C=O) groups excluding carboxylic acids is 1. The van der Waals surface area contributed by atoms with Gasteiger partial charge in [-0.25, -0.2) is 4.79 Å². The number of rotatable bonds is 12. The summed E-state index contributed by atoms with van der Waals surface area (Å²) in [5.41, 5.74) is 0. The Morgan fingerprint density at radius 3 is 2.64 bits per heavy atom. The van der Waals surface area contributed by atoms with E-state index < -0.39 is 0 Å². The molecule has 144 valence electrons. The monoisotopic (exact) mass is 352 g/mol. The molecule has 0 aromatic rings. The van der Waals surface area contributed by atoms with Crippen LogP contribution >= 0.6 is 0 Å². The number of ether oxygens (including phenoxy) is 1. The van der Waals surface area contributed by atoms with Crippen LogP contribution in [-0.2, 0) is 9.53 Å². The summed E-state index contributed by atoms with van der Waals surface area (Å²) in [7, 11) is 1.38. The van der Waals surface area contributed by atoms with E-state index in [0.717, 1.165) is 57.8 Å². The van der Waals surface area contributed by atoms with Crippen molar-refractivity contribution in [3.8, 4) is 0 Å². The molecule has 1 rings (SSSR count). The number of hydrogen-bond donors (Lipinski definition) is 2. The van der Waals surface area contributed by atoms with Crippen molar-refractivity contribution in [2.45, 2.75) is 70.8 Å². The molecule has 0 aromatic heterocycles. The zero-order chi connectivity index (χ0) is 18.5. The lowest BCUT2D eigenvalue weighted by atomic mass is 9.83. The van der Waals surface area contributed by atoms with Crippen molar-refractivity contribution in [2.24, 2.45) is 17.8 Å². The largest absolute Gasteiger partial charge is 0.466 e. The molecule has 0 amide bonds. The van der Waals surface area contributed by atoms with Gasteiger partial charge in [0.05, 0.1) is 13.2 Å². The highest BCUT2D eigenvalue weighted by atomic mass is 16.5. The maximum absolute atomic E-state index is 11.2. The Balaban J connectivity index is 2.38. The molecule has 0 heterocycles. The van der Waals surface area contributed by atoms with E-state index in [4.69, 9.17) is 5.11 Å². The second-order valence-electron chi connectivity index (χ2n) is 7.08. The van der Waals surface area contributed by atoms with Gasteiger partial charge in [-0.15, -0.1) is 0 Å². The van der Waals surface area contributed by atoms with Crippen molar-refractivity contribution in [1.29, 1.82) is 0 Å². The van der Waals surface area contributed by atoms with Crippen molar-refractivity contribution in [1.82, 2.24) is 0 Å². The first kappa shape index (κ1) is 21.9. The van der Waals surface area contributed by atoms with Gasteiger partial charge in [-0.1, -0.05) is 44.4 Å². The molecule has 4 atom stereocenters. The zero-order valence-corrected chi connectivity index (χ0v) is 15.9. The Morgan fingerprint density at radius 1 is 1.20 bits per heavy atom. The van der Waals surface area contributed by atoms with Crippen LogP contribution in [0.1, 0.15) is 64.7 Å². The fourth-order valence-corrected chi connectivity index (χ4v) is 3.82. The van der Waals surface area contributed by atoms with Gasteiger partial charge in [-0.05, 0) is 50.4 Å². The molecule has 4 nitrogen and oxygen atoms in total. The first-order chi connectivity index (χ1) is 12.1. The van der Waals surface area contributed by atoms with Gasteiger partial charge in [0.1, 0.15) is 0 Å². The number of aliphatic hydroxyl groups is 2. The highest BCUT2D eigenvalue weighted by Crippen LogP contribution is 2.39. The molecule has 4 heteroatoms. The molecule has 1 saturated carbocycles. The van der Waals surface area contributed by atoms with Gasteiger partial charge in [0.15, 0.2) is 0 Å². The fourth-order valence-electron chi connectivity index (χ4n) is 3.82. The van der Waals surface area contributed by atoms with Crippen LogP contribution in [0, 0.1) is 17.8 Å². The average Bonchev–Trinajstić information content (AvgIpc) is 2.98. The molecule has 25 heavy (non-hydrogen) atoms. The van der Waals surface area contributed by atoms with Crippen LogP contribution in [0.25, 0.3) is 0 Å². The summed E-state index contributed by atoms with van der Waals surface area (Å²) in [5, 5.41) is 19.4. The van der Waals surface area contributed by atoms with E-state index in [0.29, 0.717) is 18.4 Å². The predicted octanol–water partition coefficient (Wildman–Crippen LogP) is 4.02. The van der Waals surface area contributed by atoms with Crippen LogP contribution in [-0.4, -0.2) is 36.0 Å². The van der Waals surface area contributed by atoms with Crippen molar-refractivity contribution < 1.29 is 19.7 Å². The average molecular weight is 353 g/mol. The number of allylic oxidation sites excluding steroid dienone is 2. The standard InChI is InChI=1S/C21H36O4/c1-3-17(12-10-13-20(23)25-2)19-15-14-18(21(19)24)11-8-6-4-5-7-9-16-22/h8,10-11,13,17-19,21-22,24H,3-7,9,12,14-16H2,1-2H3/t17?,18-,19?,21-/m1/s1. The minimum atomic E-state index is -0.318. The van der Waals surface area contributed by atoms with E-state index in [1.54, 1.807) is 0 Å². The molecule has 0 radical (unpaired) electrons. The summed E-state index contributed by atoms with van der Waals surface area (Å²) >= 11 is 0. The lowest BCUT2D eigenvalue weighted by Gasteiger charge is -2.25. The third-order valence-corrected chi connectivity index (χ3v) is 5.40. The summed E-state index contributed by atoms with van der Waals surface area (Å²) in [6.45, 7) is 2.44. The molecule has 0 saturated heterocycles. The van der Waals surface area contributed by atoms with E-state index in [2.05, 4.69) is 23.8 Å². The molecule has 0 aliphatic heterocycles. The number of aliphatic hydroxyl groups excluding tert-OH is 2. The van der Waals surface area contributed by atoms with Crippen LogP contribution in [0.15, 0.2) is 24.3 Å². The molecule has 1 aliphatic carbocycles. The minimum absolute atomic E-state index is 0.265. The van der Waals surface area contributed by atoms with Crippen molar-refractivity contribution >= 4 is 5.97 Å². The fraction of sp³-hybridized carbons (Fsp3) is 0.762. The Kier molecular flexibility index (Phi) is 11.5. The van der Waals surface area contributed by atoms with Crippen molar-refractivity contribution in [3.63, 3.8) is 0 Å². The molecule has 0 bridgehead atoms. The Hall–Kier alpha value is -1.13. The second-order valence-corrected chi connectivity index (χ2v) is 7.08. The molecule has 2 unspecified atom stereocenters. The van der Waals surface area contributed by atoms with Gasteiger partial charge in [-0.2, -0.15) is 0 Å². The third-order valence-electron chi connectivity index (χ3n) is 5.40. The van der Waals surface area contributed by atoms with E-state index >= 15 is 0 Å². The first-order valence-electron chi connectivity index (χ1n) is 9.84. The van der Waals surface area contributed by atoms with Crippen molar-refractivity contribution in [2.75, 3.05) is 13.7 Å². The summed E-state index contributed by atoms with van der Waals surface area (Å²) in [6, 6.07) is 0. The Morgan fingerprint density at radius 2 is 1.96 bits per heavy atom. The van der Waals surface area contributed by atoms with E-state index in [-0.39, 0.29) is 18.0 Å². The summed E-state index contributed by atoms with van der Waals surface area (Å²) in [4.78, 5) is 11.2. The van der Waals surface area contributed by atoms with Gasteiger partial charge < -0.3 is 14.9 Å². The second kappa shape index (κ2) is 13.1. The van der Waals surface area contributed by atoms with Gasteiger partial charge >= 0.3 is 5.97 Å². The van der Waals surface area contributed by atoms with Crippen molar-refractivity contribution in [3.05, 3.63) is 24.3 Å². The minimum Gasteiger partial charge on any atom is -0.466 e. The van der Waals surface area contributed by atoms with Crippen LogP contribution < -0.4 is 0 Å². The maximum atomic E-state index is 11.2. The molecule has 1 aliphatic rings. The number of esters is 1.